The molecule has 0 aliphatic heterocycles. The van der Waals surface area contributed by atoms with Crippen molar-refractivity contribution in [1.82, 2.24) is 0 Å². The predicted octanol–water partition coefficient (Wildman–Crippen LogP) is 1.41. The van der Waals surface area contributed by atoms with Gasteiger partial charge in [0, 0.05) is 13.3 Å². The third kappa shape index (κ3) is 3.63. The lowest BCUT2D eigenvalue weighted by Crippen LogP contribution is -2.50. The summed E-state index contributed by atoms with van der Waals surface area (Å²) in [6.45, 7) is 1.67. The fourth-order valence-electron chi connectivity index (χ4n) is 1.47. The van der Waals surface area contributed by atoms with Crippen molar-refractivity contribution in [1.29, 1.82) is 0 Å². The van der Waals surface area contributed by atoms with Crippen LogP contribution in [0.15, 0.2) is 24.3 Å². The minimum absolute atomic E-state index is 0.110. The molecule has 0 aliphatic carbocycles. The number of halogens is 1. The fraction of sp³-hybridized carbons (Fsp3) is 0.385. The van der Waals surface area contributed by atoms with Crippen molar-refractivity contribution in [2.45, 2.75) is 25.8 Å². The third-order valence-electron chi connectivity index (χ3n) is 2.64. The maximum absolute atomic E-state index is 12.8. The van der Waals surface area contributed by atoms with Crippen LogP contribution in [0.25, 0.3) is 0 Å². The second kappa shape index (κ2) is 5.73. The molecule has 2 N–H and O–H groups in total. The van der Waals surface area contributed by atoms with Crippen LogP contribution >= 0.6 is 0 Å². The number of hydrogen-bond acceptors (Lipinski definition) is 4. The number of alkyl halides is 1. The van der Waals surface area contributed by atoms with Crippen molar-refractivity contribution in [3.63, 3.8) is 0 Å². The molecule has 0 saturated heterocycles. The summed E-state index contributed by atoms with van der Waals surface area (Å²) in [7, 11) is 0. The molecular weight excluding hydrogens is 237 g/mol. The quantitative estimate of drug-likeness (QED) is 0.636. The second-order valence-corrected chi connectivity index (χ2v) is 4.26. The first kappa shape index (κ1) is 14.3. The number of ketones is 1. The summed E-state index contributed by atoms with van der Waals surface area (Å²) in [6.07, 6.45) is 0.110. The van der Waals surface area contributed by atoms with Crippen molar-refractivity contribution in [2.75, 3.05) is 6.67 Å². The Balaban J connectivity index is 2.80. The van der Waals surface area contributed by atoms with Crippen LogP contribution in [0.2, 0.25) is 0 Å². The van der Waals surface area contributed by atoms with Gasteiger partial charge in [-0.1, -0.05) is 12.1 Å². The summed E-state index contributed by atoms with van der Waals surface area (Å²) in [4.78, 5) is 22.0. The molecule has 0 spiro atoms. The number of ether oxygens (including phenoxy) is 1. The van der Waals surface area contributed by atoms with Gasteiger partial charge in [0.25, 0.3) is 0 Å². The van der Waals surface area contributed by atoms with Crippen molar-refractivity contribution in [2.24, 2.45) is 5.73 Å². The van der Waals surface area contributed by atoms with Crippen molar-refractivity contribution < 1.29 is 18.7 Å². The molecule has 5 heteroatoms. The van der Waals surface area contributed by atoms with E-state index in [-0.39, 0.29) is 6.42 Å². The molecule has 1 rings (SSSR count). The molecule has 0 aliphatic rings. The van der Waals surface area contributed by atoms with E-state index in [4.69, 9.17) is 10.5 Å². The summed E-state index contributed by atoms with van der Waals surface area (Å²) < 4.78 is 17.7. The van der Waals surface area contributed by atoms with E-state index in [1.165, 1.54) is 13.8 Å². The Labute approximate surface area is 105 Å². The SMILES string of the molecule is CC(=O)Oc1ccc(CC(N)(CF)C(C)=O)cc1. The van der Waals surface area contributed by atoms with E-state index in [2.05, 4.69) is 0 Å². The van der Waals surface area contributed by atoms with Gasteiger partial charge in [-0.25, -0.2) is 4.39 Å². The largest absolute Gasteiger partial charge is 0.427 e. The predicted molar refractivity (Wildman–Crippen MR) is 65.0 cm³/mol. The highest BCUT2D eigenvalue weighted by Crippen LogP contribution is 2.17. The summed E-state index contributed by atoms with van der Waals surface area (Å²) >= 11 is 0. The molecule has 0 bridgehead atoms. The van der Waals surface area contributed by atoms with E-state index >= 15 is 0 Å². The molecule has 0 fully saturated rings. The Morgan fingerprint density at radius 2 is 1.83 bits per heavy atom. The van der Waals surface area contributed by atoms with Gasteiger partial charge in [-0.3, -0.25) is 9.59 Å². The van der Waals surface area contributed by atoms with Crippen LogP contribution in [0.5, 0.6) is 5.75 Å². The zero-order valence-electron chi connectivity index (χ0n) is 10.4. The maximum atomic E-state index is 12.8. The average Bonchev–Trinajstić information content (AvgIpc) is 2.30. The van der Waals surface area contributed by atoms with Gasteiger partial charge in [0.15, 0.2) is 5.78 Å². The highest BCUT2D eigenvalue weighted by molar-refractivity contribution is 5.86. The lowest BCUT2D eigenvalue weighted by atomic mass is 9.89. The Kier molecular flexibility index (Phi) is 4.55. The normalized spacial score (nSPS) is 13.8. The summed E-state index contributed by atoms with van der Waals surface area (Å²) in [6, 6.07) is 6.46. The first-order chi connectivity index (χ1) is 8.37. The van der Waals surface area contributed by atoms with Crippen LogP contribution in [0.4, 0.5) is 4.39 Å². The van der Waals surface area contributed by atoms with E-state index in [9.17, 15) is 14.0 Å². The van der Waals surface area contributed by atoms with Gasteiger partial charge in [0.05, 0.1) is 0 Å². The van der Waals surface area contributed by atoms with Gasteiger partial charge >= 0.3 is 5.97 Å². The van der Waals surface area contributed by atoms with E-state index in [0.717, 1.165) is 0 Å². The molecule has 98 valence electrons. The van der Waals surface area contributed by atoms with Crippen molar-refractivity contribution >= 4 is 11.8 Å². The topological polar surface area (TPSA) is 69.4 Å². The van der Waals surface area contributed by atoms with E-state index in [1.54, 1.807) is 24.3 Å². The Hall–Kier alpha value is -1.75. The van der Waals surface area contributed by atoms with Crippen LogP contribution in [-0.4, -0.2) is 24.0 Å². The molecule has 0 amide bonds. The number of nitrogens with two attached hydrogens (primary N) is 1. The van der Waals surface area contributed by atoms with Gasteiger partial charge in [-0.2, -0.15) is 0 Å². The van der Waals surface area contributed by atoms with Crippen molar-refractivity contribution in [3.8, 4) is 5.75 Å². The molecule has 1 atom stereocenters. The zero-order valence-corrected chi connectivity index (χ0v) is 10.4. The molecule has 1 aromatic carbocycles. The molecule has 1 aromatic rings. The highest BCUT2D eigenvalue weighted by Gasteiger charge is 2.30. The van der Waals surface area contributed by atoms with Gasteiger partial charge in [-0.05, 0) is 24.6 Å². The van der Waals surface area contributed by atoms with E-state index in [0.29, 0.717) is 11.3 Å². The Morgan fingerprint density at radius 3 is 2.22 bits per heavy atom. The lowest BCUT2D eigenvalue weighted by molar-refractivity contribution is -0.131. The first-order valence-corrected chi connectivity index (χ1v) is 5.50. The van der Waals surface area contributed by atoms with E-state index in [1.807, 2.05) is 0 Å². The van der Waals surface area contributed by atoms with Crippen LogP contribution in [0, 0.1) is 0 Å². The third-order valence-corrected chi connectivity index (χ3v) is 2.64. The minimum Gasteiger partial charge on any atom is -0.427 e. The summed E-state index contributed by atoms with van der Waals surface area (Å²) in [5.41, 5.74) is 4.91. The number of hydrogen-bond donors (Lipinski definition) is 1. The number of benzene rings is 1. The molecule has 18 heavy (non-hydrogen) atoms. The molecule has 1 unspecified atom stereocenters. The molecule has 0 saturated carbocycles. The number of carbonyl (C=O) groups excluding carboxylic acids is 2. The minimum atomic E-state index is -1.48. The zero-order chi connectivity index (χ0) is 13.8. The van der Waals surface area contributed by atoms with Crippen LogP contribution < -0.4 is 10.5 Å². The number of carbonyl (C=O) groups is 2. The fourth-order valence-corrected chi connectivity index (χ4v) is 1.47. The number of rotatable bonds is 5. The van der Waals surface area contributed by atoms with Gasteiger partial charge in [0.2, 0.25) is 0 Å². The first-order valence-electron chi connectivity index (χ1n) is 5.50. The number of esters is 1. The van der Waals surface area contributed by atoms with Crippen LogP contribution in [0.1, 0.15) is 19.4 Å². The smallest absolute Gasteiger partial charge is 0.308 e. The molecule has 0 aromatic heterocycles. The standard InChI is InChI=1S/C13H16FNO3/c1-9(16)13(15,8-14)7-11-3-5-12(6-4-11)18-10(2)17/h3-6H,7-8,15H2,1-2H3. The molecule has 0 heterocycles. The van der Waals surface area contributed by atoms with Gasteiger partial charge in [-0.15, -0.1) is 0 Å². The van der Waals surface area contributed by atoms with E-state index < -0.39 is 24.0 Å². The second-order valence-electron chi connectivity index (χ2n) is 4.26. The monoisotopic (exact) mass is 253 g/mol. The molecule has 4 nitrogen and oxygen atoms in total. The highest BCUT2D eigenvalue weighted by atomic mass is 19.1. The van der Waals surface area contributed by atoms with Gasteiger partial charge in [0.1, 0.15) is 18.0 Å². The van der Waals surface area contributed by atoms with Crippen LogP contribution in [0.3, 0.4) is 0 Å². The maximum Gasteiger partial charge on any atom is 0.308 e. The Morgan fingerprint density at radius 1 is 1.28 bits per heavy atom. The molecule has 0 radical (unpaired) electrons. The lowest BCUT2D eigenvalue weighted by Gasteiger charge is -2.22. The van der Waals surface area contributed by atoms with Gasteiger partial charge < -0.3 is 10.5 Å². The molecular formula is C13H16FNO3. The van der Waals surface area contributed by atoms with Crippen LogP contribution in [-0.2, 0) is 16.0 Å². The Bertz CT molecular complexity index is 444. The average molecular weight is 253 g/mol. The number of Topliss-reactive ketones (excluding diaryl/α,β-unsaturated/α-hetero) is 1. The van der Waals surface area contributed by atoms with Crippen molar-refractivity contribution in [3.05, 3.63) is 29.8 Å². The summed E-state index contributed by atoms with van der Waals surface area (Å²) in [5.74, 6) is -0.408. The summed E-state index contributed by atoms with van der Waals surface area (Å²) in [5, 5.41) is 0.